The summed E-state index contributed by atoms with van der Waals surface area (Å²) in [6.45, 7) is 11.1. The van der Waals surface area contributed by atoms with Gasteiger partial charge < -0.3 is 14.8 Å². The Morgan fingerprint density at radius 1 is 1.06 bits per heavy atom. The van der Waals surface area contributed by atoms with E-state index in [9.17, 15) is 0 Å². The first-order valence-corrected chi connectivity index (χ1v) is 6.52. The summed E-state index contributed by atoms with van der Waals surface area (Å²) in [5, 5.41) is 3.48. The van der Waals surface area contributed by atoms with Gasteiger partial charge in [0.15, 0.2) is 0 Å². The van der Waals surface area contributed by atoms with Gasteiger partial charge in [-0.1, -0.05) is 13.8 Å². The molecule has 0 fully saturated rings. The molecule has 0 rings (SSSR count). The quantitative estimate of drug-likeness (QED) is 0.554. The minimum Gasteiger partial charge on any atom is -0.383 e. The van der Waals surface area contributed by atoms with E-state index >= 15 is 0 Å². The molecule has 0 radical (unpaired) electrons. The van der Waals surface area contributed by atoms with Crippen molar-refractivity contribution in [3.63, 3.8) is 0 Å². The highest BCUT2D eigenvalue weighted by Crippen LogP contribution is 2.29. The average Bonchev–Trinajstić information content (AvgIpc) is 2.33. The summed E-state index contributed by atoms with van der Waals surface area (Å²) in [6, 6.07) is 0. The summed E-state index contributed by atoms with van der Waals surface area (Å²) in [4.78, 5) is 0. The number of rotatable bonds is 11. The smallest absolute Gasteiger partial charge is 0.0587 e. The van der Waals surface area contributed by atoms with Crippen molar-refractivity contribution in [3.05, 3.63) is 0 Å². The number of ether oxygens (including phenoxy) is 2. The first kappa shape index (κ1) is 15.9. The number of nitrogens with one attached hydrogen (secondary N) is 1. The minimum absolute atomic E-state index is 0.392. The normalized spacial score (nSPS) is 12.0. The maximum Gasteiger partial charge on any atom is 0.0587 e. The van der Waals surface area contributed by atoms with Crippen LogP contribution < -0.4 is 5.32 Å². The van der Waals surface area contributed by atoms with Crippen LogP contribution in [0.2, 0.25) is 0 Å². The zero-order valence-corrected chi connectivity index (χ0v) is 11.5. The Labute approximate surface area is 101 Å². The SMILES string of the molecule is CCOCCC(CC)(CC)CNCCOC. The second-order valence-electron chi connectivity index (χ2n) is 4.32. The molecule has 3 nitrogen and oxygen atoms in total. The molecule has 0 saturated carbocycles. The number of methoxy groups -OCH3 is 1. The van der Waals surface area contributed by atoms with E-state index in [-0.39, 0.29) is 0 Å². The predicted octanol–water partition coefficient (Wildman–Crippen LogP) is 2.46. The Balaban J connectivity index is 3.90. The van der Waals surface area contributed by atoms with Gasteiger partial charge in [-0.2, -0.15) is 0 Å². The molecule has 0 aromatic heterocycles. The van der Waals surface area contributed by atoms with Crippen molar-refractivity contribution < 1.29 is 9.47 Å². The van der Waals surface area contributed by atoms with E-state index in [2.05, 4.69) is 26.1 Å². The molecule has 0 aliphatic carbocycles. The van der Waals surface area contributed by atoms with Crippen LogP contribution in [0.25, 0.3) is 0 Å². The Bertz CT molecular complexity index is 147. The van der Waals surface area contributed by atoms with E-state index in [1.54, 1.807) is 7.11 Å². The molecule has 0 aliphatic heterocycles. The number of hydrogen-bond acceptors (Lipinski definition) is 3. The van der Waals surface area contributed by atoms with Crippen molar-refractivity contribution in [1.29, 1.82) is 0 Å². The summed E-state index contributed by atoms with van der Waals surface area (Å²) in [6.07, 6.45) is 3.56. The molecule has 0 aromatic carbocycles. The fourth-order valence-corrected chi connectivity index (χ4v) is 1.90. The minimum atomic E-state index is 0.392. The molecule has 0 unspecified atom stereocenters. The zero-order chi connectivity index (χ0) is 12.3. The van der Waals surface area contributed by atoms with Gasteiger partial charge >= 0.3 is 0 Å². The van der Waals surface area contributed by atoms with Gasteiger partial charge in [-0.05, 0) is 31.6 Å². The average molecular weight is 231 g/mol. The first-order chi connectivity index (χ1) is 7.74. The summed E-state index contributed by atoms with van der Waals surface area (Å²) in [5.74, 6) is 0. The Kier molecular flexibility index (Phi) is 9.99. The van der Waals surface area contributed by atoms with Crippen molar-refractivity contribution in [2.45, 2.75) is 40.0 Å². The maximum atomic E-state index is 5.47. The monoisotopic (exact) mass is 231 g/mol. The molecule has 98 valence electrons. The molecule has 16 heavy (non-hydrogen) atoms. The molecule has 0 aliphatic rings. The molecule has 1 N–H and O–H groups in total. The van der Waals surface area contributed by atoms with Crippen LogP contribution >= 0.6 is 0 Å². The van der Waals surface area contributed by atoms with Crippen molar-refractivity contribution in [2.75, 3.05) is 40.0 Å². The van der Waals surface area contributed by atoms with Gasteiger partial charge in [-0.3, -0.25) is 0 Å². The van der Waals surface area contributed by atoms with Crippen LogP contribution in [0.1, 0.15) is 40.0 Å². The van der Waals surface area contributed by atoms with Gasteiger partial charge in [0.1, 0.15) is 0 Å². The van der Waals surface area contributed by atoms with Crippen LogP contribution in [0.15, 0.2) is 0 Å². The molecular formula is C13H29NO2. The van der Waals surface area contributed by atoms with Gasteiger partial charge in [-0.25, -0.2) is 0 Å². The fraction of sp³-hybridized carbons (Fsp3) is 1.00. The van der Waals surface area contributed by atoms with Gasteiger partial charge in [0.2, 0.25) is 0 Å². The van der Waals surface area contributed by atoms with Crippen molar-refractivity contribution in [1.82, 2.24) is 5.32 Å². The third-order valence-corrected chi connectivity index (χ3v) is 3.46. The van der Waals surface area contributed by atoms with E-state index < -0.39 is 0 Å². The summed E-state index contributed by atoms with van der Waals surface area (Å²) in [7, 11) is 1.74. The highest BCUT2D eigenvalue weighted by molar-refractivity contribution is 4.79. The predicted molar refractivity (Wildman–Crippen MR) is 68.9 cm³/mol. The van der Waals surface area contributed by atoms with Crippen molar-refractivity contribution in [3.8, 4) is 0 Å². The molecule has 0 spiro atoms. The van der Waals surface area contributed by atoms with Gasteiger partial charge in [0.05, 0.1) is 6.61 Å². The summed E-state index contributed by atoms with van der Waals surface area (Å²) >= 11 is 0. The van der Waals surface area contributed by atoms with E-state index in [0.717, 1.165) is 39.3 Å². The Morgan fingerprint density at radius 3 is 2.25 bits per heavy atom. The lowest BCUT2D eigenvalue weighted by Gasteiger charge is -2.32. The standard InChI is InChI=1S/C13H29NO2/c1-5-13(6-2,8-10-16-7-3)12-14-9-11-15-4/h14H,5-12H2,1-4H3. The van der Waals surface area contributed by atoms with Gasteiger partial charge in [0, 0.05) is 33.4 Å². The van der Waals surface area contributed by atoms with E-state index in [4.69, 9.17) is 9.47 Å². The second kappa shape index (κ2) is 10.1. The first-order valence-electron chi connectivity index (χ1n) is 6.52. The second-order valence-corrected chi connectivity index (χ2v) is 4.32. The van der Waals surface area contributed by atoms with Crippen LogP contribution in [0, 0.1) is 5.41 Å². The molecule has 0 heterocycles. The van der Waals surface area contributed by atoms with E-state index in [1.165, 1.54) is 12.8 Å². The molecular weight excluding hydrogens is 202 g/mol. The lowest BCUT2D eigenvalue weighted by atomic mass is 9.79. The van der Waals surface area contributed by atoms with Crippen LogP contribution in [-0.2, 0) is 9.47 Å². The van der Waals surface area contributed by atoms with Crippen molar-refractivity contribution in [2.24, 2.45) is 5.41 Å². The van der Waals surface area contributed by atoms with Crippen LogP contribution in [-0.4, -0.2) is 40.0 Å². The summed E-state index contributed by atoms with van der Waals surface area (Å²) < 4.78 is 10.5. The van der Waals surface area contributed by atoms with Gasteiger partial charge in [-0.15, -0.1) is 0 Å². The molecule has 0 atom stereocenters. The zero-order valence-electron chi connectivity index (χ0n) is 11.5. The third-order valence-electron chi connectivity index (χ3n) is 3.46. The van der Waals surface area contributed by atoms with Gasteiger partial charge in [0.25, 0.3) is 0 Å². The third kappa shape index (κ3) is 6.46. The van der Waals surface area contributed by atoms with Crippen LogP contribution in [0.5, 0.6) is 0 Å². The Morgan fingerprint density at radius 2 is 1.75 bits per heavy atom. The maximum absolute atomic E-state index is 5.47. The van der Waals surface area contributed by atoms with E-state index in [1.807, 2.05) is 0 Å². The van der Waals surface area contributed by atoms with E-state index in [0.29, 0.717) is 5.41 Å². The highest BCUT2D eigenvalue weighted by atomic mass is 16.5. The highest BCUT2D eigenvalue weighted by Gasteiger charge is 2.25. The van der Waals surface area contributed by atoms with Crippen LogP contribution in [0.3, 0.4) is 0 Å². The Hall–Kier alpha value is -0.120. The number of hydrogen-bond donors (Lipinski definition) is 1. The fourth-order valence-electron chi connectivity index (χ4n) is 1.90. The largest absolute Gasteiger partial charge is 0.383 e. The van der Waals surface area contributed by atoms with Crippen LogP contribution in [0.4, 0.5) is 0 Å². The topological polar surface area (TPSA) is 30.5 Å². The molecule has 3 heteroatoms. The molecule has 0 saturated heterocycles. The molecule has 0 amide bonds. The molecule has 0 aromatic rings. The lowest BCUT2D eigenvalue weighted by Crippen LogP contribution is -2.36. The molecule has 0 bridgehead atoms. The summed E-state index contributed by atoms with van der Waals surface area (Å²) in [5.41, 5.74) is 0.392. The van der Waals surface area contributed by atoms with Crippen molar-refractivity contribution >= 4 is 0 Å². The lowest BCUT2D eigenvalue weighted by molar-refractivity contribution is 0.0947.